The highest BCUT2D eigenvalue weighted by molar-refractivity contribution is 4.85. The average molecular weight is 143 g/mol. The summed E-state index contributed by atoms with van der Waals surface area (Å²) in [7, 11) is 0. The molecule has 0 amide bonds. The molecule has 0 rings (SSSR count). The van der Waals surface area contributed by atoms with Crippen molar-refractivity contribution >= 4 is 0 Å². The summed E-state index contributed by atoms with van der Waals surface area (Å²) in [6.07, 6.45) is 3.66. The van der Waals surface area contributed by atoms with Crippen LogP contribution in [0.15, 0.2) is 12.2 Å². The second-order valence-corrected chi connectivity index (χ2v) is 3.28. The maximum atomic E-state index is 8.38. The summed E-state index contributed by atoms with van der Waals surface area (Å²) in [4.78, 5) is 0. The topological polar surface area (TPSA) is 32.3 Å². The minimum Gasteiger partial charge on any atom is -0.392 e. The van der Waals surface area contributed by atoms with E-state index in [1.54, 1.807) is 6.08 Å². The predicted molar refractivity (Wildman–Crippen MR) is 44.0 cm³/mol. The van der Waals surface area contributed by atoms with E-state index in [2.05, 4.69) is 26.1 Å². The van der Waals surface area contributed by atoms with Crippen LogP contribution >= 0.6 is 0 Å². The van der Waals surface area contributed by atoms with Crippen molar-refractivity contribution in [2.45, 2.75) is 26.3 Å². The van der Waals surface area contributed by atoms with Gasteiger partial charge in [-0.15, -0.1) is 0 Å². The van der Waals surface area contributed by atoms with Crippen LogP contribution in [0.3, 0.4) is 0 Å². The lowest BCUT2D eigenvalue weighted by Gasteiger charge is -2.18. The average Bonchev–Trinajstić information content (AvgIpc) is 1.78. The van der Waals surface area contributed by atoms with E-state index in [9.17, 15) is 0 Å². The van der Waals surface area contributed by atoms with Gasteiger partial charge in [0.1, 0.15) is 0 Å². The normalized spacial score (nSPS) is 12.8. The lowest BCUT2D eigenvalue weighted by atomic mass is 10.1. The lowest BCUT2D eigenvalue weighted by molar-refractivity contribution is 0.342. The lowest BCUT2D eigenvalue weighted by Crippen LogP contribution is -2.35. The van der Waals surface area contributed by atoms with Crippen molar-refractivity contribution in [3.8, 4) is 0 Å². The van der Waals surface area contributed by atoms with Crippen molar-refractivity contribution in [1.82, 2.24) is 5.32 Å². The van der Waals surface area contributed by atoms with Gasteiger partial charge in [-0.3, -0.25) is 0 Å². The van der Waals surface area contributed by atoms with Crippen LogP contribution in [0.1, 0.15) is 20.8 Å². The molecule has 0 aliphatic rings. The van der Waals surface area contributed by atoms with Crippen LogP contribution in [0, 0.1) is 0 Å². The number of nitrogens with one attached hydrogen (secondary N) is 1. The molecule has 0 aromatic heterocycles. The number of hydrogen-bond donors (Lipinski definition) is 2. The largest absolute Gasteiger partial charge is 0.392 e. The molecule has 0 spiro atoms. The molecule has 0 fully saturated rings. The van der Waals surface area contributed by atoms with E-state index in [-0.39, 0.29) is 12.1 Å². The highest BCUT2D eigenvalue weighted by Crippen LogP contribution is 1.96. The smallest absolute Gasteiger partial charge is 0.0612 e. The molecule has 0 aromatic carbocycles. The minimum atomic E-state index is 0.131. The maximum Gasteiger partial charge on any atom is 0.0612 e. The molecule has 0 unspecified atom stereocenters. The third-order valence-electron chi connectivity index (χ3n) is 1.02. The monoisotopic (exact) mass is 143 g/mol. The predicted octanol–water partition coefficient (Wildman–Crippen LogP) is 0.923. The minimum absolute atomic E-state index is 0.131. The van der Waals surface area contributed by atoms with Crippen molar-refractivity contribution in [3.63, 3.8) is 0 Å². The molecular formula is C8H17NO. The second kappa shape index (κ2) is 4.47. The molecule has 60 valence electrons. The molecule has 2 heteroatoms. The van der Waals surface area contributed by atoms with Crippen molar-refractivity contribution in [2.75, 3.05) is 13.2 Å². The Kier molecular flexibility index (Phi) is 4.32. The van der Waals surface area contributed by atoms with Crippen molar-refractivity contribution in [2.24, 2.45) is 0 Å². The van der Waals surface area contributed by atoms with Gasteiger partial charge in [-0.2, -0.15) is 0 Å². The molecule has 0 radical (unpaired) electrons. The Hall–Kier alpha value is -0.340. The molecule has 2 N–H and O–H groups in total. The molecule has 2 nitrogen and oxygen atoms in total. The van der Waals surface area contributed by atoms with Crippen LogP contribution in [0.4, 0.5) is 0 Å². The van der Waals surface area contributed by atoms with E-state index >= 15 is 0 Å². The van der Waals surface area contributed by atoms with E-state index in [0.29, 0.717) is 0 Å². The standard InChI is InChI=1S/C8H17NO/c1-8(2,3)9-6-4-5-7-10/h4-5,9-10H,6-7H2,1-3H3/b5-4+. The van der Waals surface area contributed by atoms with Crippen LogP contribution in [0.25, 0.3) is 0 Å². The third kappa shape index (κ3) is 7.66. The van der Waals surface area contributed by atoms with Gasteiger partial charge in [0.15, 0.2) is 0 Å². The van der Waals surface area contributed by atoms with Gasteiger partial charge in [0.2, 0.25) is 0 Å². The quantitative estimate of drug-likeness (QED) is 0.576. The number of rotatable bonds is 3. The van der Waals surface area contributed by atoms with Crippen molar-refractivity contribution in [3.05, 3.63) is 12.2 Å². The Morgan fingerprint density at radius 3 is 2.30 bits per heavy atom. The van der Waals surface area contributed by atoms with E-state index in [1.165, 1.54) is 0 Å². The molecule has 0 aliphatic heterocycles. The summed E-state index contributed by atoms with van der Waals surface area (Å²) < 4.78 is 0. The summed E-state index contributed by atoms with van der Waals surface area (Å²) in [6.45, 7) is 7.29. The summed E-state index contributed by atoms with van der Waals surface area (Å²) >= 11 is 0. The zero-order valence-electron chi connectivity index (χ0n) is 7.02. The first-order valence-corrected chi connectivity index (χ1v) is 3.57. The Morgan fingerprint density at radius 2 is 1.90 bits per heavy atom. The first-order valence-electron chi connectivity index (χ1n) is 3.57. The molecule has 10 heavy (non-hydrogen) atoms. The van der Waals surface area contributed by atoms with E-state index in [1.807, 2.05) is 6.08 Å². The summed E-state index contributed by atoms with van der Waals surface area (Å²) in [5.74, 6) is 0. The fraction of sp³-hybridized carbons (Fsp3) is 0.750. The van der Waals surface area contributed by atoms with E-state index in [0.717, 1.165) is 6.54 Å². The zero-order valence-corrected chi connectivity index (χ0v) is 7.02. The Balaban J connectivity index is 3.28. The first kappa shape index (κ1) is 9.66. The van der Waals surface area contributed by atoms with Gasteiger partial charge < -0.3 is 10.4 Å². The first-order chi connectivity index (χ1) is 4.56. The van der Waals surface area contributed by atoms with Gasteiger partial charge in [-0.05, 0) is 20.8 Å². The molecular weight excluding hydrogens is 126 g/mol. The molecule has 0 bridgehead atoms. The third-order valence-corrected chi connectivity index (χ3v) is 1.02. The highest BCUT2D eigenvalue weighted by atomic mass is 16.2. The Bertz CT molecular complexity index is 102. The molecule has 0 aromatic rings. The number of aliphatic hydroxyl groups is 1. The fourth-order valence-corrected chi connectivity index (χ4v) is 0.523. The van der Waals surface area contributed by atoms with E-state index < -0.39 is 0 Å². The Labute approximate surface area is 62.9 Å². The van der Waals surface area contributed by atoms with Gasteiger partial charge in [-0.1, -0.05) is 12.2 Å². The summed E-state index contributed by atoms with van der Waals surface area (Å²) in [6, 6.07) is 0. The maximum absolute atomic E-state index is 8.38. The summed E-state index contributed by atoms with van der Waals surface area (Å²) in [5.41, 5.74) is 0.166. The van der Waals surface area contributed by atoms with Crippen LogP contribution in [0.5, 0.6) is 0 Å². The second-order valence-electron chi connectivity index (χ2n) is 3.28. The molecule has 0 heterocycles. The number of hydrogen-bond acceptors (Lipinski definition) is 2. The van der Waals surface area contributed by atoms with Crippen LogP contribution in [0.2, 0.25) is 0 Å². The van der Waals surface area contributed by atoms with Gasteiger partial charge >= 0.3 is 0 Å². The zero-order chi connectivity index (χ0) is 8.04. The molecule has 0 saturated carbocycles. The van der Waals surface area contributed by atoms with Crippen LogP contribution in [-0.4, -0.2) is 23.8 Å². The number of aliphatic hydroxyl groups excluding tert-OH is 1. The molecule has 0 aliphatic carbocycles. The Morgan fingerprint density at radius 1 is 1.30 bits per heavy atom. The highest BCUT2D eigenvalue weighted by Gasteiger charge is 2.05. The van der Waals surface area contributed by atoms with Crippen LogP contribution in [-0.2, 0) is 0 Å². The van der Waals surface area contributed by atoms with Gasteiger partial charge in [-0.25, -0.2) is 0 Å². The van der Waals surface area contributed by atoms with Crippen molar-refractivity contribution in [1.29, 1.82) is 0 Å². The van der Waals surface area contributed by atoms with Gasteiger partial charge in [0, 0.05) is 12.1 Å². The summed E-state index contributed by atoms with van der Waals surface area (Å²) in [5, 5.41) is 11.6. The van der Waals surface area contributed by atoms with Crippen LogP contribution < -0.4 is 5.32 Å². The van der Waals surface area contributed by atoms with Crippen molar-refractivity contribution < 1.29 is 5.11 Å². The molecule has 0 atom stereocenters. The SMILES string of the molecule is CC(C)(C)NC/C=C/CO. The van der Waals surface area contributed by atoms with Gasteiger partial charge in [0.25, 0.3) is 0 Å². The van der Waals surface area contributed by atoms with E-state index in [4.69, 9.17) is 5.11 Å². The molecule has 0 saturated heterocycles. The fourth-order valence-electron chi connectivity index (χ4n) is 0.523. The van der Waals surface area contributed by atoms with Gasteiger partial charge in [0.05, 0.1) is 6.61 Å².